The first kappa shape index (κ1) is 64.0. The van der Waals surface area contributed by atoms with Crippen LogP contribution in [0, 0.1) is 23.5 Å². The predicted octanol–water partition coefficient (Wildman–Crippen LogP) is 6.21. The maximum absolute atomic E-state index is 14.5. The van der Waals surface area contributed by atoms with Crippen molar-refractivity contribution >= 4 is 58.9 Å². The van der Waals surface area contributed by atoms with E-state index in [4.69, 9.17) is 37.8 Å². The van der Waals surface area contributed by atoms with Crippen molar-refractivity contribution in [3.8, 4) is 11.5 Å². The van der Waals surface area contributed by atoms with Crippen LogP contribution in [0.15, 0.2) is 61.2 Å². The van der Waals surface area contributed by atoms with E-state index in [1.165, 1.54) is 19.2 Å². The van der Waals surface area contributed by atoms with Crippen LogP contribution in [-0.2, 0) is 36.8 Å². The quantitative estimate of drug-likeness (QED) is 0.0326. The van der Waals surface area contributed by atoms with Crippen molar-refractivity contribution in [2.45, 2.75) is 116 Å². The number of carbonyl (C=O) groups is 4. The number of carboxylic acid groups (broad SMARTS) is 1. The van der Waals surface area contributed by atoms with Crippen molar-refractivity contribution in [1.82, 2.24) is 30.6 Å². The van der Waals surface area contributed by atoms with E-state index in [1.807, 2.05) is 0 Å². The van der Waals surface area contributed by atoms with Crippen LogP contribution >= 0.6 is 23.2 Å². The zero-order chi connectivity index (χ0) is 52.2. The van der Waals surface area contributed by atoms with Gasteiger partial charge in [-0.05, 0) is 112 Å². The van der Waals surface area contributed by atoms with Crippen LogP contribution in [0.5, 0.6) is 11.5 Å². The predicted molar refractivity (Wildman–Crippen MR) is 278 cm³/mol. The molecule has 0 unspecified atom stereocenters. The van der Waals surface area contributed by atoms with Gasteiger partial charge < -0.3 is 45.2 Å². The number of anilines is 2. The number of carboxylic acids is 1. The van der Waals surface area contributed by atoms with Crippen LogP contribution in [0.3, 0.4) is 0 Å². The number of esters is 1. The summed E-state index contributed by atoms with van der Waals surface area (Å²) in [6, 6.07) is 9.28. The van der Waals surface area contributed by atoms with Gasteiger partial charge in [-0.2, -0.15) is 0 Å². The van der Waals surface area contributed by atoms with E-state index in [0.29, 0.717) is 90.1 Å². The van der Waals surface area contributed by atoms with Gasteiger partial charge in [0.2, 0.25) is 23.7 Å². The molecule has 22 heteroatoms. The number of benzene rings is 2. The molecular formula is C53H71Cl2F2LiN8O9. The zero-order valence-electron chi connectivity index (χ0n) is 43.3. The van der Waals surface area contributed by atoms with E-state index in [2.05, 4.69) is 45.1 Å². The normalized spacial score (nSPS) is 13.6. The number of aliphatic carboxylic acids is 1. The molecule has 4 aromatic rings. The fourth-order valence-corrected chi connectivity index (χ4v) is 8.80. The molecule has 17 nitrogen and oxygen atoms in total. The molecule has 0 bridgehead atoms. The smallest absolute Gasteiger partial charge is 0.870 e. The maximum atomic E-state index is 14.5. The third-order valence-electron chi connectivity index (χ3n) is 12.8. The summed E-state index contributed by atoms with van der Waals surface area (Å²) >= 11 is 11.7. The number of carbonyl (C=O) groups excluding carboxylic acids is 3. The molecule has 75 heavy (non-hydrogen) atoms. The van der Waals surface area contributed by atoms with E-state index in [1.54, 1.807) is 49.1 Å². The van der Waals surface area contributed by atoms with Crippen LogP contribution in [0.25, 0.3) is 0 Å². The van der Waals surface area contributed by atoms with E-state index in [9.17, 15) is 28.0 Å². The van der Waals surface area contributed by atoms with E-state index in [0.717, 1.165) is 115 Å². The Morgan fingerprint density at radius 2 is 1.03 bits per heavy atom. The van der Waals surface area contributed by atoms with Gasteiger partial charge in [-0.25, -0.2) is 28.7 Å². The van der Waals surface area contributed by atoms with Gasteiger partial charge in [0.15, 0.2) is 0 Å². The summed E-state index contributed by atoms with van der Waals surface area (Å²) in [6.07, 6.45) is 19.4. The molecule has 0 spiro atoms. The molecule has 0 saturated carbocycles. The van der Waals surface area contributed by atoms with Gasteiger partial charge in [-0.15, -0.1) is 0 Å². The molecule has 0 atom stereocenters. The molecule has 2 amide bonds. The monoisotopic (exact) mass is 1080 g/mol. The molecular weight excluding hydrogens is 1010 g/mol. The number of unbranched alkanes of at least 4 members (excludes halogenated alkanes) is 4. The first-order valence-electron chi connectivity index (χ1n) is 25.4. The van der Waals surface area contributed by atoms with Gasteiger partial charge in [-0.1, -0.05) is 48.2 Å². The zero-order valence-corrected chi connectivity index (χ0v) is 44.8. The Balaban J connectivity index is 0.000000385. The van der Waals surface area contributed by atoms with Gasteiger partial charge in [-0.3, -0.25) is 19.2 Å². The summed E-state index contributed by atoms with van der Waals surface area (Å²) in [5, 5.41) is 15.2. The van der Waals surface area contributed by atoms with Crippen LogP contribution < -0.4 is 48.8 Å². The Morgan fingerprint density at radius 1 is 0.627 bits per heavy atom. The first-order valence-corrected chi connectivity index (χ1v) is 26.2. The first-order chi connectivity index (χ1) is 35.3. The molecule has 2 aliphatic heterocycles. The number of hydrogen-bond acceptors (Lipinski definition) is 14. The summed E-state index contributed by atoms with van der Waals surface area (Å²) in [4.78, 5) is 67.2. The largest absolute Gasteiger partial charge is 1.00 e. The number of hydrogen-bond donors (Lipinski definition) is 3. The van der Waals surface area contributed by atoms with Gasteiger partial charge in [0.25, 0.3) is 0 Å². The Labute approximate surface area is 461 Å². The summed E-state index contributed by atoms with van der Waals surface area (Å²) in [7, 11) is 1.37. The molecule has 4 N–H and O–H groups in total. The molecule has 0 radical (unpaired) electrons. The van der Waals surface area contributed by atoms with Crippen molar-refractivity contribution in [2.24, 2.45) is 11.8 Å². The number of halogens is 4. The number of aromatic nitrogens is 4. The van der Waals surface area contributed by atoms with E-state index < -0.39 is 17.6 Å². The second-order valence-corrected chi connectivity index (χ2v) is 19.3. The minimum atomic E-state index is -0.815. The third kappa shape index (κ3) is 24.9. The number of amides is 2. The molecule has 2 saturated heterocycles. The fourth-order valence-electron chi connectivity index (χ4n) is 8.60. The molecule has 0 aliphatic carbocycles. The number of rotatable bonds is 28. The SMILES string of the molecule is COC(=O)CCCCCNC(=O)Cc1ccc(OCCCC2CCN(c3ncc(Cl)cn3)CC2)cc1F.O=C(O)CCCCCNC(=O)Cc1ccc(OCCCC2CCN(c3ncc(Cl)cn3)CC2)cc1F.[Li+].[OH-]. The van der Waals surface area contributed by atoms with Crippen molar-refractivity contribution in [2.75, 3.05) is 69.4 Å². The molecule has 2 fully saturated rings. The number of methoxy groups -OCH3 is 1. The van der Waals surface area contributed by atoms with Crippen LogP contribution in [0.2, 0.25) is 10.0 Å². The molecule has 6 rings (SSSR count). The second-order valence-electron chi connectivity index (χ2n) is 18.4. The average molecular weight is 1080 g/mol. The topological polar surface area (TPSA) is 228 Å². The molecule has 2 aliphatic rings. The van der Waals surface area contributed by atoms with Gasteiger partial charge in [0.1, 0.15) is 23.1 Å². The Bertz CT molecular complexity index is 2320. The van der Waals surface area contributed by atoms with Crippen molar-refractivity contribution in [3.05, 3.63) is 94.0 Å². The number of ether oxygens (including phenoxy) is 3. The number of nitrogens with one attached hydrogen (secondary N) is 2. The minimum Gasteiger partial charge on any atom is -0.870 e. The van der Waals surface area contributed by atoms with Crippen LogP contribution in [0.1, 0.15) is 114 Å². The number of nitrogens with zero attached hydrogens (tertiary/aromatic N) is 6. The van der Waals surface area contributed by atoms with E-state index >= 15 is 0 Å². The standard InChI is InChI=1S/C27H36ClFN4O4.C26H34ClFN4O4.Li.H2O/c1-36-26(35)7-3-2-4-12-30-25(34)16-21-8-9-23(17-24(21)29)37-15-5-6-20-10-13-33(14-11-20)27-31-18-22(28)19-32-27;27-21-17-30-26(31-18-21)32-12-9-19(10-13-32)5-4-14-36-22-8-7-20(23(28)16-22)15-24(33)29-11-3-1-2-6-25(34)35;;/h8-9,17-20H,2-7,10-16H2,1H3,(H,30,34);7-8,16-19H,1-6,9-15H2,(H,29,33)(H,34,35);;1H2/q;;+1;/p-1. The van der Waals surface area contributed by atoms with Crippen molar-refractivity contribution < 1.29 is 71.6 Å². The van der Waals surface area contributed by atoms with Crippen molar-refractivity contribution in [3.63, 3.8) is 0 Å². The van der Waals surface area contributed by atoms with Gasteiger partial charge in [0, 0.05) is 64.2 Å². The molecule has 406 valence electrons. The summed E-state index contributed by atoms with van der Waals surface area (Å²) in [5.74, 6) is 1.20. The Kier molecular flexibility index (Phi) is 30.6. The van der Waals surface area contributed by atoms with Gasteiger partial charge in [0.05, 0.1) is 68.0 Å². The fraction of sp³-hybridized carbons (Fsp3) is 0.547. The number of piperidine rings is 2. The van der Waals surface area contributed by atoms with Crippen LogP contribution in [0.4, 0.5) is 20.7 Å². The second kappa shape index (κ2) is 35.8. The summed E-state index contributed by atoms with van der Waals surface area (Å²) in [5.41, 5.74) is 0.661. The average Bonchev–Trinajstić information content (AvgIpc) is 3.38. The maximum Gasteiger partial charge on any atom is 1.00 e. The summed E-state index contributed by atoms with van der Waals surface area (Å²) < 4.78 is 45.0. The van der Waals surface area contributed by atoms with E-state index in [-0.39, 0.29) is 61.4 Å². The Morgan fingerprint density at radius 3 is 1.40 bits per heavy atom. The van der Waals surface area contributed by atoms with Gasteiger partial charge >= 0.3 is 30.8 Å². The minimum absolute atomic E-state index is 0. The molecule has 2 aromatic carbocycles. The third-order valence-corrected chi connectivity index (χ3v) is 13.2. The Hall–Kier alpha value is -5.32. The molecule has 2 aromatic heterocycles. The van der Waals surface area contributed by atoms with Crippen LogP contribution in [-0.4, -0.2) is 114 Å². The molecule has 4 heterocycles. The summed E-state index contributed by atoms with van der Waals surface area (Å²) in [6.45, 7) is 5.66. The van der Waals surface area contributed by atoms with Crippen molar-refractivity contribution in [1.29, 1.82) is 0 Å².